The van der Waals surface area contributed by atoms with Crippen molar-refractivity contribution in [1.82, 2.24) is 19.6 Å². The Labute approximate surface area is 148 Å². The molecule has 0 radical (unpaired) electrons. The molecule has 130 valence electrons. The first-order chi connectivity index (χ1) is 12.1. The second-order valence-corrected chi connectivity index (χ2v) is 6.80. The molecule has 0 saturated carbocycles. The van der Waals surface area contributed by atoms with Gasteiger partial charge in [0, 0.05) is 62.1 Å². The van der Waals surface area contributed by atoms with Crippen LogP contribution in [0.3, 0.4) is 0 Å². The summed E-state index contributed by atoms with van der Waals surface area (Å²) in [6.07, 6.45) is 4.94. The maximum Gasteiger partial charge on any atom is 0.157 e. The van der Waals surface area contributed by atoms with E-state index in [-0.39, 0.29) is 0 Å². The number of anilines is 2. The Morgan fingerprint density at radius 1 is 0.920 bits per heavy atom. The van der Waals surface area contributed by atoms with Crippen LogP contribution in [0.5, 0.6) is 0 Å². The van der Waals surface area contributed by atoms with Crippen LogP contribution in [0.1, 0.15) is 23.4 Å². The van der Waals surface area contributed by atoms with Gasteiger partial charge in [-0.25, -0.2) is 4.98 Å². The lowest BCUT2D eigenvalue weighted by Crippen LogP contribution is -2.32. The molecule has 1 saturated heterocycles. The number of fused-ring (bicyclic) bond motifs is 1. The van der Waals surface area contributed by atoms with Crippen LogP contribution < -0.4 is 9.80 Å². The number of aromatic nitrogens is 4. The first kappa shape index (κ1) is 15.9. The van der Waals surface area contributed by atoms with Gasteiger partial charge < -0.3 is 9.80 Å². The molecule has 4 heterocycles. The molecular weight excluding hydrogens is 312 g/mol. The lowest BCUT2D eigenvalue weighted by atomic mass is 10.2. The summed E-state index contributed by atoms with van der Waals surface area (Å²) in [4.78, 5) is 13.7. The predicted molar refractivity (Wildman–Crippen MR) is 100 cm³/mol. The minimum absolute atomic E-state index is 0.929. The van der Waals surface area contributed by atoms with E-state index in [1.165, 1.54) is 11.3 Å². The van der Waals surface area contributed by atoms with Crippen molar-refractivity contribution in [2.24, 2.45) is 0 Å². The minimum atomic E-state index is 0.929. The third-order valence-corrected chi connectivity index (χ3v) is 4.81. The average molecular weight is 336 g/mol. The van der Waals surface area contributed by atoms with Gasteiger partial charge in [0.05, 0.1) is 5.69 Å². The second kappa shape index (κ2) is 6.35. The van der Waals surface area contributed by atoms with E-state index in [9.17, 15) is 0 Å². The molecule has 0 bridgehead atoms. The monoisotopic (exact) mass is 336 g/mol. The van der Waals surface area contributed by atoms with Crippen molar-refractivity contribution in [3.8, 4) is 0 Å². The number of hydrogen-bond acceptors (Lipinski definition) is 5. The summed E-state index contributed by atoms with van der Waals surface area (Å²) in [7, 11) is 0. The van der Waals surface area contributed by atoms with Crippen LogP contribution in [0, 0.1) is 20.8 Å². The molecule has 0 aromatic carbocycles. The topological polar surface area (TPSA) is 49.6 Å². The van der Waals surface area contributed by atoms with Gasteiger partial charge in [-0.15, -0.1) is 0 Å². The molecule has 3 aromatic heterocycles. The van der Waals surface area contributed by atoms with Crippen LogP contribution in [0.4, 0.5) is 11.5 Å². The van der Waals surface area contributed by atoms with E-state index in [1.807, 2.05) is 29.9 Å². The van der Waals surface area contributed by atoms with Crippen LogP contribution in [0.15, 0.2) is 30.6 Å². The van der Waals surface area contributed by atoms with E-state index in [0.717, 1.165) is 55.5 Å². The van der Waals surface area contributed by atoms with Crippen LogP contribution >= 0.6 is 0 Å². The van der Waals surface area contributed by atoms with Crippen molar-refractivity contribution in [1.29, 1.82) is 0 Å². The van der Waals surface area contributed by atoms with Crippen LogP contribution in [0.2, 0.25) is 0 Å². The van der Waals surface area contributed by atoms with Crippen molar-refractivity contribution in [2.45, 2.75) is 27.2 Å². The van der Waals surface area contributed by atoms with Crippen LogP contribution in [0.25, 0.3) is 5.65 Å². The first-order valence-corrected chi connectivity index (χ1v) is 8.86. The molecule has 1 aliphatic heterocycles. The molecule has 1 aliphatic rings. The van der Waals surface area contributed by atoms with Crippen molar-refractivity contribution in [3.63, 3.8) is 0 Å². The minimum Gasteiger partial charge on any atom is -0.369 e. The lowest BCUT2D eigenvalue weighted by molar-refractivity contribution is 0.765. The van der Waals surface area contributed by atoms with Gasteiger partial charge >= 0.3 is 0 Å². The molecule has 0 unspecified atom stereocenters. The summed E-state index contributed by atoms with van der Waals surface area (Å²) >= 11 is 0. The molecule has 3 aromatic rings. The Hall–Kier alpha value is -2.63. The molecular formula is C19H24N6. The van der Waals surface area contributed by atoms with Crippen molar-refractivity contribution >= 4 is 17.2 Å². The van der Waals surface area contributed by atoms with Crippen molar-refractivity contribution < 1.29 is 0 Å². The summed E-state index contributed by atoms with van der Waals surface area (Å²) in [5, 5.41) is 4.64. The van der Waals surface area contributed by atoms with E-state index in [2.05, 4.69) is 50.8 Å². The highest BCUT2D eigenvalue weighted by Crippen LogP contribution is 2.23. The van der Waals surface area contributed by atoms with Crippen LogP contribution in [-0.2, 0) is 0 Å². The normalized spacial score (nSPS) is 15.6. The standard InChI is InChI=1S/C19H24N6/c1-14-13-20-6-5-17(14)23-7-4-8-24(10-9-23)19-12-15(2)21-18-11-16(3)22-25(18)19/h5-6,11-13H,4,7-10H2,1-3H3. The summed E-state index contributed by atoms with van der Waals surface area (Å²) in [5.41, 5.74) is 5.50. The fourth-order valence-corrected chi connectivity index (χ4v) is 3.63. The highest BCUT2D eigenvalue weighted by Gasteiger charge is 2.19. The largest absolute Gasteiger partial charge is 0.369 e. The Kier molecular flexibility index (Phi) is 4.03. The van der Waals surface area contributed by atoms with Gasteiger partial charge in [-0.1, -0.05) is 0 Å². The van der Waals surface area contributed by atoms with Gasteiger partial charge in [-0.05, 0) is 38.8 Å². The average Bonchev–Trinajstić information content (AvgIpc) is 2.80. The molecule has 4 rings (SSSR count). The van der Waals surface area contributed by atoms with E-state index in [0.29, 0.717) is 0 Å². The third-order valence-electron chi connectivity index (χ3n) is 4.81. The fraction of sp³-hybridized carbons (Fsp3) is 0.421. The molecule has 0 amide bonds. The van der Waals surface area contributed by atoms with E-state index in [4.69, 9.17) is 0 Å². The molecule has 25 heavy (non-hydrogen) atoms. The van der Waals surface area contributed by atoms with Gasteiger partial charge in [0.15, 0.2) is 5.65 Å². The van der Waals surface area contributed by atoms with E-state index >= 15 is 0 Å². The summed E-state index contributed by atoms with van der Waals surface area (Å²) in [6, 6.07) is 6.31. The quantitative estimate of drug-likeness (QED) is 0.720. The van der Waals surface area contributed by atoms with Gasteiger partial charge in [0.2, 0.25) is 0 Å². The smallest absolute Gasteiger partial charge is 0.157 e. The highest BCUT2D eigenvalue weighted by atomic mass is 15.4. The number of rotatable bonds is 2. The maximum atomic E-state index is 4.64. The maximum absolute atomic E-state index is 4.64. The number of aryl methyl sites for hydroxylation is 3. The molecule has 0 N–H and O–H groups in total. The number of hydrogen-bond donors (Lipinski definition) is 0. The van der Waals surface area contributed by atoms with E-state index in [1.54, 1.807) is 0 Å². The SMILES string of the molecule is Cc1cc(N2CCCN(c3ccncc3C)CC2)n2nc(C)cc2n1. The number of nitrogens with zero attached hydrogens (tertiary/aromatic N) is 6. The summed E-state index contributed by atoms with van der Waals surface area (Å²) < 4.78 is 1.98. The summed E-state index contributed by atoms with van der Waals surface area (Å²) in [6.45, 7) is 10.3. The van der Waals surface area contributed by atoms with Crippen molar-refractivity contribution in [2.75, 3.05) is 36.0 Å². The fourth-order valence-electron chi connectivity index (χ4n) is 3.63. The summed E-state index contributed by atoms with van der Waals surface area (Å²) in [5.74, 6) is 1.14. The third kappa shape index (κ3) is 3.04. The second-order valence-electron chi connectivity index (χ2n) is 6.80. The Balaban J connectivity index is 1.62. The number of pyridine rings is 1. The highest BCUT2D eigenvalue weighted by molar-refractivity contribution is 5.54. The van der Waals surface area contributed by atoms with Crippen LogP contribution in [-0.4, -0.2) is 45.8 Å². The van der Waals surface area contributed by atoms with Gasteiger partial charge in [-0.3, -0.25) is 4.98 Å². The zero-order valence-corrected chi connectivity index (χ0v) is 15.1. The molecule has 0 atom stereocenters. The zero-order chi connectivity index (χ0) is 17.4. The van der Waals surface area contributed by atoms with Gasteiger partial charge in [0.1, 0.15) is 5.82 Å². The lowest BCUT2D eigenvalue weighted by Gasteiger charge is -2.26. The Morgan fingerprint density at radius 3 is 2.56 bits per heavy atom. The van der Waals surface area contributed by atoms with E-state index < -0.39 is 0 Å². The molecule has 6 heteroatoms. The Morgan fingerprint density at radius 2 is 1.72 bits per heavy atom. The molecule has 0 spiro atoms. The first-order valence-electron chi connectivity index (χ1n) is 8.86. The molecule has 6 nitrogen and oxygen atoms in total. The predicted octanol–water partition coefficient (Wildman–Crippen LogP) is 2.77. The van der Waals surface area contributed by atoms with Crippen molar-refractivity contribution in [3.05, 3.63) is 47.5 Å². The van der Waals surface area contributed by atoms with Gasteiger partial charge in [-0.2, -0.15) is 9.61 Å². The molecule has 1 fully saturated rings. The zero-order valence-electron chi connectivity index (χ0n) is 15.1. The Bertz CT molecular complexity index is 900. The van der Waals surface area contributed by atoms with Gasteiger partial charge in [0.25, 0.3) is 0 Å². The molecule has 0 aliphatic carbocycles.